The van der Waals surface area contributed by atoms with Gasteiger partial charge in [-0.3, -0.25) is 0 Å². The van der Waals surface area contributed by atoms with Gasteiger partial charge in [-0.25, -0.2) is 4.58 Å². The first kappa shape index (κ1) is 12.9. The van der Waals surface area contributed by atoms with E-state index in [0.29, 0.717) is 5.92 Å². The Morgan fingerprint density at radius 2 is 2.05 bits per heavy atom. The van der Waals surface area contributed by atoms with Crippen LogP contribution in [0.4, 0.5) is 0 Å². The van der Waals surface area contributed by atoms with Crippen LogP contribution in [0.15, 0.2) is 24.3 Å². The molecular weight excluding hydrogens is 272 g/mol. The molecule has 3 heteroatoms. The van der Waals surface area contributed by atoms with Gasteiger partial charge in [-0.2, -0.15) is 0 Å². The zero-order valence-corrected chi connectivity index (χ0v) is 12.9. The molecule has 2 N–H and O–H groups in total. The Kier molecular flexibility index (Phi) is 2.75. The van der Waals surface area contributed by atoms with Crippen molar-refractivity contribution in [2.24, 2.45) is 11.8 Å². The summed E-state index contributed by atoms with van der Waals surface area (Å²) >= 11 is 0. The largest absolute Gasteiger partial charge is 0.393 e. The molecule has 0 unspecified atom stereocenters. The second-order valence-corrected chi connectivity index (χ2v) is 7.36. The molecule has 22 heavy (non-hydrogen) atoms. The van der Waals surface area contributed by atoms with Crippen LogP contribution in [0, 0.1) is 11.8 Å². The molecule has 0 radical (unpaired) electrons. The SMILES string of the molecule is O[C@@H]1CC[C@H]2C[N+]3=C(C[C@@H]2C1)c1[nH]c2ccccc2c1CC3. The molecule has 3 atom stereocenters. The number of hydrogen-bond acceptors (Lipinski definition) is 1. The number of nitrogens with one attached hydrogen (secondary N) is 1. The second-order valence-electron chi connectivity index (χ2n) is 7.36. The first-order chi connectivity index (χ1) is 10.8. The highest BCUT2D eigenvalue weighted by molar-refractivity contribution is 6.03. The van der Waals surface area contributed by atoms with Crippen LogP contribution in [-0.4, -0.2) is 39.6 Å². The van der Waals surface area contributed by atoms with Crippen molar-refractivity contribution in [3.63, 3.8) is 0 Å². The van der Waals surface area contributed by atoms with Crippen molar-refractivity contribution >= 4 is 16.6 Å². The van der Waals surface area contributed by atoms with Gasteiger partial charge >= 0.3 is 0 Å². The predicted molar refractivity (Wildman–Crippen MR) is 87.6 cm³/mol. The molecule has 5 rings (SSSR count). The van der Waals surface area contributed by atoms with Gasteiger partial charge in [0.2, 0.25) is 0 Å². The van der Waals surface area contributed by atoms with E-state index in [9.17, 15) is 5.11 Å². The normalized spacial score (nSPS) is 30.9. The first-order valence-corrected chi connectivity index (χ1v) is 8.68. The van der Waals surface area contributed by atoms with Crippen molar-refractivity contribution in [2.45, 2.75) is 38.2 Å². The molecule has 3 heterocycles. The fourth-order valence-corrected chi connectivity index (χ4v) is 5.00. The number of rotatable bonds is 0. The van der Waals surface area contributed by atoms with Gasteiger partial charge < -0.3 is 10.1 Å². The van der Waals surface area contributed by atoms with Gasteiger partial charge in [0.25, 0.3) is 0 Å². The van der Waals surface area contributed by atoms with Crippen molar-refractivity contribution < 1.29 is 9.68 Å². The molecule has 2 aromatic rings. The second kappa shape index (κ2) is 4.69. The number of hydrogen-bond donors (Lipinski definition) is 2. The fourth-order valence-electron chi connectivity index (χ4n) is 5.00. The average molecular weight is 295 g/mol. The molecule has 1 aromatic carbocycles. The molecule has 114 valence electrons. The van der Waals surface area contributed by atoms with Crippen LogP contribution in [0.25, 0.3) is 10.9 Å². The van der Waals surface area contributed by atoms with Gasteiger partial charge in [0.15, 0.2) is 5.71 Å². The number of benzene rings is 1. The number of aromatic nitrogens is 1. The number of aliphatic hydroxyl groups excluding tert-OH is 1. The lowest BCUT2D eigenvalue weighted by molar-refractivity contribution is -0.544. The van der Waals surface area contributed by atoms with Crippen molar-refractivity contribution in [2.75, 3.05) is 13.1 Å². The maximum atomic E-state index is 10.0. The highest BCUT2D eigenvalue weighted by Gasteiger charge is 2.42. The van der Waals surface area contributed by atoms with Gasteiger partial charge in [-0.15, -0.1) is 0 Å². The van der Waals surface area contributed by atoms with Crippen LogP contribution >= 0.6 is 0 Å². The number of para-hydroxylation sites is 1. The third-order valence-electron chi connectivity index (χ3n) is 6.14. The standard InChI is InChI=1S/C19H22N2O/c22-14-6-5-12-11-21-8-7-16-15-3-1-2-4-17(15)20-19(16)18(21)10-13(12)9-14/h1-4,12-14,22H,5-11H2/p+1/t12-,13-,14+/m0/s1. The molecular formula is C19H23N2O+. The summed E-state index contributed by atoms with van der Waals surface area (Å²) in [6, 6.07) is 8.69. The van der Waals surface area contributed by atoms with Gasteiger partial charge in [0.1, 0.15) is 18.8 Å². The van der Waals surface area contributed by atoms with Crippen LogP contribution in [0.5, 0.6) is 0 Å². The third-order valence-corrected chi connectivity index (χ3v) is 6.14. The van der Waals surface area contributed by atoms with Crippen molar-refractivity contribution in [3.8, 4) is 0 Å². The zero-order valence-electron chi connectivity index (χ0n) is 12.9. The monoisotopic (exact) mass is 295 g/mol. The Labute approximate surface area is 130 Å². The van der Waals surface area contributed by atoms with E-state index in [1.165, 1.54) is 40.8 Å². The van der Waals surface area contributed by atoms with E-state index in [2.05, 4.69) is 33.8 Å². The average Bonchev–Trinajstić information content (AvgIpc) is 2.92. The van der Waals surface area contributed by atoms with E-state index in [-0.39, 0.29) is 6.10 Å². The van der Waals surface area contributed by atoms with E-state index in [4.69, 9.17) is 0 Å². The summed E-state index contributed by atoms with van der Waals surface area (Å²) < 4.78 is 2.62. The Morgan fingerprint density at radius 1 is 1.14 bits per heavy atom. The van der Waals surface area contributed by atoms with Gasteiger partial charge in [-0.05, 0) is 36.8 Å². The van der Waals surface area contributed by atoms with E-state index in [1.807, 2.05) is 0 Å². The Hall–Kier alpha value is -1.61. The van der Waals surface area contributed by atoms with Crippen LogP contribution in [0.2, 0.25) is 0 Å². The minimum atomic E-state index is -0.0702. The summed E-state index contributed by atoms with van der Waals surface area (Å²) in [4.78, 5) is 3.68. The predicted octanol–water partition coefficient (Wildman–Crippen LogP) is 2.71. The number of nitrogens with zero attached hydrogens (tertiary/aromatic N) is 1. The van der Waals surface area contributed by atoms with Crippen LogP contribution in [0.1, 0.15) is 36.9 Å². The summed E-state index contributed by atoms with van der Waals surface area (Å²) in [5.41, 5.74) is 5.67. The summed E-state index contributed by atoms with van der Waals surface area (Å²) in [6.07, 6.45) is 5.43. The van der Waals surface area contributed by atoms with Crippen LogP contribution in [-0.2, 0) is 6.42 Å². The number of aliphatic hydroxyl groups is 1. The Morgan fingerprint density at radius 3 is 3.00 bits per heavy atom. The molecule has 1 aromatic heterocycles. The topological polar surface area (TPSA) is 39.0 Å². The molecule has 1 saturated carbocycles. The van der Waals surface area contributed by atoms with Crippen molar-refractivity contribution in [1.82, 2.24) is 4.98 Å². The van der Waals surface area contributed by atoms with Gasteiger partial charge in [-0.1, -0.05) is 18.2 Å². The Balaban J connectivity index is 1.60. The highest BCUT2D eigenvalue weighted by Crippen LogP contribution is 2.38. The Bertz CT molecular complexity index is 773. The van der Waals surface area contributed by atoms with E-state index >= 15 is 0 Å². The summed E-state index contributed by atoms with van der Waals surface area (Å²) in [6.45, 7) is 2.36. The van der Waals surface area contributed by atoms with E-state index in [1.54, 1.807) is 0 Å². The smallest absolute Gasteiger partial charge is 0.200 e. The quantitative estimate of drug-likeness (QED) is 0.721. The maximum Gasteiger partial charge on any atom is 0.200 e. The molecule has 1 aliphatic carbocycles. The highest BCUT2D eigenvalue weighted by atomic mass is 16.3. The summed E-state index contributed by atoms with van der Waals surface area (Å²) in [7, 11) is 0. The van der Waals surface area contributed by atoms with Crippen molar-refractivity contribution in [1.29, 1.82) is 0 Å². The van der Waals surface area contributed by atoms with Crippen molar-refractivity contribution in [3.05, 3.63) is 35.5 Å². The summed E-state index contributed by atoms with van der Waals surface area (Å²) in [5.74, 6) is 1.46. The maximum absolute atomic E-state index is 10.0. The molecule has 0 bridgehead atoms. The molecule has 3 nitrogen and oxygen atoms in total. The number of aromatic amines is 1. The van der Waals surface area contributed by atoms with Crippen LogP contribution < -0.4 is 0 Å². The fraction of sp³-hybridized carbons (Fsp3) is 0.526. The lowest BCUT2D eigenvalue weighted by Crippen LogP contribution is -2.44. The third kappa shape index (κ3) is 1.81. The van der Waals surface area contributed by atoms with E-state index < -0.39 is 0 Å². The first-order valence-electron chi connectivity index (χ1n) is 8.68. The number of H-pyrrole nitrogens is 1. The van der Waals surface area contributed by atoms with E-state index in [0.717, 1.165) is 38.1 Å². The lowest BCUT2D eigenvalue weighted by atomic mass is 9.72. The minimum absolute atomic E-state index is 0.0702. The molecule has 0 spiro atoms. The number of fused-ring (bicyclic) bond motifs is 5. The molecule has 3 aliphatic rings. The van der Waals surface area contributed by atoms with Crippen LogP contribution in [0.3, 0.4) is 0 Å². The molecule has 0 saturated heterocycles. The molecule has 0 amide bonds. The molecule has 1 fully saturated rings. The zero-order chi connectivity index (χ0) is 14.7. The minimum Gasteiger partial charge on any atom is -0.393 e. The molecule has 2 aliphatic heterocycles. The summed E-state index contributed by atoms with van der Waals surface area (Å²) in [5, 5.41) is 11.4. The lowest BCUT2D eigenvalue weighted by Gasteiger charge is -2.37. The van der Waals surface area contributed by atoms with Gasteiger partial charge in [0, 0.05) is 29.7 Å². The van der Waals surface area contributed by atoms with Gasteiger partial charge in [0.05, 0.1) is 6.10 Å².